The van der Waals surface area contributed by atoms with Gasteiger partial charge in [0.1, 0.15) is 5.82 Å². The molecule has 3 rings (SSSR count). The summed E-state index contributed by atoms with van der Waals surface area (Å²) in [6.07, 6.45) is 2.01. The van der Waals surface area contributed by atoms with Gasteiger partial charge in [-0.05, 0) is 71.1 Å². The van der Waals surface area contributed by atoms with Gasteiger partial charge in [-0.15, -0.1) is 0 Å². The lowest BCUT2D eigenvalue weighted by Gasteiger charge is -2.17. The van der Waals surface area contributed by atoms with Crippen LogP contribution in [0.4, 0.5) is 14.9 Å². The van der Waals surface area contributed by atoms with E-state index in [0.29, 0.717) is 6.54 Å². The SMILES string of the molecule is Cc1ccc(NC(=O)NCC2(c3ccc(F)cc3)CC2)c(Br)c1. The lowest BCUT2D eigenvalue weighted by Crippen LogP contribution is -2.35. The zero-order chi connectivity index (χ0) is 16.4. The van der Waals surface area contributed by atoms with E-state index in [4.69, 9.17) is 0 Å². The van der Waals surface area contributed by atoms with E-state index in [1.807, 2.05) is 25.1 Å². The molecule has 1 aliphatic rings. The molecule has 0 saturated heterocycles. The molecule has 0 radical (unpaired) electrons. The monoisotopic (exact) mass is 376 g/mol. The second-order valence-corrected chi connectivity index (χ2v) is 6.93. The van der Waals surface area contributed by atoms with Crippen molar-refractivity contribution in [3.05, 3.63) is 63.9 Å². The Bertz CT molecular complexity index is 726. The molecule has 2 N–H and O–H groups in total. The van der Waals surface area contributed by atoms with Crippen LogP contribution in [0.2, 0.25) is 0 Å². The van der Waals surface area contributed by atoms with Crippen molar-refractivity contribution in [1.82, 2.24) is 5.32 Å². The molecular weight excluding hydrogens is 359 g/mol. The first kappa shape index (κ1) is 16.0. The highest BCUT2D eigenvalue weighted by Crippen LogP contribution is 2.47. The molecule has 2 aromatic carbocycles. The van der Waals surface area contributed by atoms with Crippen LogP contribution in [0, 0.1) is 12.7 Å². The average molecular weight is 377 g/mol. The van der Waals surface area contributed by atoms with Crippen LogP contribution in [0.1, 0.15) is 24.0 Å². The van der Waals surface area contributed by atoms with E-state index in [2.05, 4.69) is 26.6 Å². The van der Waals surface area contributed by atoms with Crippen LogP contribution < -0.4 is 10.6 Å². The molecule has 23 heavy (non-hydrogen) atoms. The zero-order valence-electron chi connectivity index (χ0n) is 12.8. The molecule has 120 valence electrons. The van der Waals surface area contributed by atoms with E-state index in [-0.39, 0.29) is 17.3 Å². The fourth-order valence-corrected chi connectivity index (χ4v) is 3.25. The van der Waals surface area contributed by atoms with Crippen molar-refractivity contribution >= 4 is 27.6 Å². The highest BCUT2D eigenvalue weighted by atomic mass is 79.9. The van der Waals surface area contributed by atoms with Crippen molar-refractivity contribution in [1.29, 1.82) is 0 Å². The summed E-state index contributed by atoms with van der Waals surface area (Å²) in [6.45, 7) is 2.54. The highest BCUT2D eigenvalue weighted by molar-refractivity contribution is 9.10. The van der Waals surface area contributed by atoms with Gasteiger partial charge in [-0.25, -0.2) is 9.18 Å². The van der Waals surface area contributed by atoms with Crippen molar-refractivity contribution in [2.24, 2.45) is 0 Å². The number of carbonyl (C=O) groups is 1. The van der Waals surface area contributed by atoms with Crippen molar-refractivity contribution in [2.75, 3.05) is 11.9 Å². The number of amides is 2. The standard InChI is InChI=1S/C18H18BrFN2O/c1-12-2-7-16(15(19)10-12)22-17(23)21-11-18(8-9-18)13-3-5-14(20)6-4-13/h2-7,10H,8-9,11H2,1H3,(H2,21,22,23). The summed E-state index contributed by atoms with van der Waals surface area (Å²) in [4.78, 5) is 12.1. The first-order chi connectivity index (χ1) is 11.0. The van der Waals surface area contributed by atoms with Crippen molar-refractivity contribution < 1.29 is 9.18 Å². The molecule has 0 spiro atoms. The Morgan fingerprint density at radius 1 is 1.22 bits per heavy atom. The fraction of sp³-hybridized carbons (Fsp3) is 0.278. The molecule has 2 aromatic rings. The zero-order valence-corrected chi connectivity index (χ0v) is 14.4. The van der Waals surface area contributed by atoms with Crippen LogP contribution in [0.25, 0.3) is 0 Å². The number of nitrogens with one attached hydrogen (secondary N) is 2. The first-order valence-corrected chi connectivity index (χ1v) is 8.35. The van der Waals surface area contributed by atoms with Crippen LogP contribution in [0.5, 0.6) is 0 Å². The Hall–Kier alpha value is -1.88. The van der Waals surface area contributed by atoms with Gasteiger partial charge in [0.05, 0.1) is 5.69 Å². The molecule has 0 aliphatic heterocycles. The minimum absolute atomic E-state index is 0.0461. The van der Waals surface area contributed by atoms with Crippen LogP contribution in [-0.2, 0) is 5.41 Å². The van der Waals surface area contributed by atoms with Crippen molar-refractivity contribution in [3.63, 3.8) is 0 Å². The van der Waals surface area contributed by atoms with Gasteiger partial charge in [-0.2, -0.15) is 0 Å². The van der Waals surface area contributed by atoms with Crippen molar-refractivity contribution in [2.45, 2.75) is 25.2 Å². The first-order valence-electron chi connectivity index (χ1n) is 7.56. The second kappa shape index (κ2) is 6.32. The molecule has 2 amide bonds. The highest BCUT2D eigenvalue weighted by Gasteiger charge is 2.44. The Morgan fingerprint density at radius 3 is 2.52 bits per heavy atom. The molecule has 1 aliphatic carbocycles. The number of halogens is 2. The minimum Gasteiger partial charge on any atom is -0.337 e. The molecular formula is C18H18BrFN2O. The Morgan fingerprint density at radius 2 is 1.91 bits per heavy atom. The third-order valence-corrected chi connectivity index (χ3v) is 4.93. The van der Waals surface area contributed by atoms with Crippen LogP contribution in [-0.4, -0.2) is 12.6 Å². The van der Waals surface area contributed by atoms with Gasteiger partial charge >= 0.3 is 6.03 Å². The van der Waals surface area contributed by atoms with Crippen molar-refractivity contribution in [3.8, 4) is 0 Å². The Labute approximate surface area is 143 Å². The summed E-state index contributed by atoms with van der Waals surface area (Å²) in [5.41, 5.74) is 2.89. The molecule has 0 bridgehead atoms. The summed E-state index contributed by atoms with van der Waals surface area (Å²) >= 11 is 3.44. The van der Waals surface area contributed by atoms with Crippen LogP contribution in [0.3, 0.4) is 0 Å². The number of rotatable bonds is 4. The van der Waals surface area contributed by atoms with E-state index in [9.17, 15) is 9.18 Å². The van der Waals surface area contributed by atoms with E-state index < -0.39 is 0 Å². The lowest BCUT2D eigenvalue weighted by molar-refractivity contribution is 0.251. The van der Waals surface area contributed by atoms with Gasteiger partial charge < -0.3 is 10.6 Å². The van der Waals surface area contributed by atoms with Crippen LogP contribution >= 0.6 is 15.9 Å². The topological polar surface area (TPSA) is 41.1 Å². The van der Waals surface area contributed by atoms with Gasteiger partial charge in [-0.1, -0.05) is 18.2 Å². The van der Waals surface area contributed by atoms with Gasteiger partial charge in [0.15, 0.2) is 0 Å². The number of hydrogen-bond acceptors (Lipinski definition) is 1. The summed E-state index contributed by atoms with van der Waals surface area (Å²) in [6, 6.07) is 12.1. The number of anilines is 1. The average Bonchev–Trinajstić information content (AvgIpc) is 3.30. The number of benzene rings is 2. The molecule has 5 heteroatoms. The second-order valence-electron chi connectivity index (χ2n) is 6.08. The maximum atomic E-state index is 13.0. The fourth-order valence-electron chi connectivity index (χ4n) is 2.66. The summed E-state index contributed by atoms with van der Waals surface area (Å²) < 4.78 is 13.9. The smallest absolute Gasteiger partial charge is 0.319 e. The number of aryl methyl sites for hydroxylation is 1. The molecule has 1 fully saturated rings. The maximum Gasteiger partial charge on any atom is 0.319 e. The molecule has 0 unspecified atom stereocenters. The quantitative estimate of drug-likeness (QED) is 0.793. The van der Waals surface area contributed by atoms with E-state index in [1.54, 1.807) is 12.1 Å². The normalized spacial score (nSPS) is 15.1. The minimum atomic E-state index is -0.237. The van der Waals surface area contributed by atoms with E-state index >= 15 is 0 Å². The Balaban J connectivity index is 1.59. The van der Waals surface area contributed by atoms with Gasteiger partial charge in [0.25, 0.3) is 0 Å². The molecule has 3 nitrogen and oxygen atoms in total. The summed E-state index contributed by atoms with van der Waals surface area (Å²) in [7, 11) is 0. The molecule has 0 atom stereocenters. The molecule has 0 heterocycles. The van der Waals surface area contributed by atoms with Gasteiger partial charge in [0.2, 0.25) is 0 Å². The van der Waals surface area contributed by atoms with Gasteiger partial charge in [0, 0.05) is 16.4 Å². The number of urea groups is 1. The maximum absolute atomic E-state index is 13.0. The van der Waals surface area contributed by atoms with Crippen LogP contribution in [0.15, 0.2) is 46.9 Å². The van der Waals surface area contributed by atoms with Gasteiger partial charge in [-0.3, -0.25) is 0 Å². The molecule has 0 aromatic heterocycles. The predicted octanol–water partition coefficient (Wildman–Crippen LogP) is 4.75. The Kier molecular flexibility index (Phi) is 4.39. The number of carbonyl (C=O) groups excluding carboxylic acids is 1. The summed E-state index contributed by atoms with van der Waals surface area (Å²) in [5.74, 6) is -0.237. The third-order valence-electron chi connectivity index (χ3n) is 4.27. The largest absolute Gasteiger partial charge is 0.337 e. The number of hydrogen-bond donors (Lipinski definition) is 2. The molecule has 1 saturated carbocycles. The lowest BCUT2D eigenvalue weighted by atomic mass is 9.96. The van der Waals surface area contributed by atoms with E-state index in [1.165, 1.54) is 12.1 Å². The third kappa shape index (κ3) is 3.72. The predicted molar refractivity (Wildman–Crippen MR) is 93.2 cm³/mol. The summed E-state index contributed by atoms with van der Waals surface area (Å²) in [5, 5.41) is 5.77. The van der Waals surface area contributed by atoms with E-state index in [0.717, 1.165) is 34.1 Å².